The third kappa shape index (κ3) is 4.67. The summed E-state index contributed by atoms with van der Waals surface area (Å²) in [6.45, 7) is 6.21. The molecule has 1 heterocycles. The van der Waals surface area contributed by atoms with E-state index in [1.165, 1.54) is 6.07 Å². The maximum absolute atomic E-state index is 13.3. The lowest BCUT2D eigenvalue weighted by Crippen LogP contribution is -2.44. The van der Waals surface area contributed by atoms with Crippen LogP contribution in [0.4, 0.5) is 4.39 Å². The van der Waals surface area contributed by atoms with E-state index in [1.807, 2.05) is 6.07 Å². The Morgan fingerprint density at radius 1 is 1.22 bits per heavy atom. The van der Waals surface area contributed by atoms with E-state index in [1.54, 1.807) is 6.07 Å². The molecule has 1 aromatic rings. The van der Waals surface area contributed by atoms with Gasteiger partial charge in [0, 0.05) is 36.7 Å². The highest BCUT2D eigenvalue weighted by Gasteiger charge is 2.18. The molecule has 1 fully saturated rings. The molecule has 0 saturated carbocycles. The summed E-state index contributed by atoms with van der Waals surface area (Å²) in [6, 6.07) is 5.38. The molecular formula is C12H18BrCl2FN2. The van der Waals surface area contributed by atoms with Crippen molar-refractivity contribution in [2.24, 2.45) is 0 Å². The first-order valence-corrected chi connectivity index (χ1v) is 6.37. The fourth-order valence-corrected chi connectivity index (χ4v) is 2.58. The second-order valence-corrected chi connectivity index (χ2v) is 5.08. The summed E-state index contributed by atoms with van der Waals surface area (Å²) in [5, 5.41) is 3.32. The van der Waals surface area contributed by atoms with Crippen molar-refractivity contribution < 1.29 is 4.39 Å². The summed E-state index contributed by atoms with van der Waals surface area (Å²) in [5.74, 6) is -0.175. The fourth-order valence-electron chi connectivity index (χ4n) is 2.10. The van der Waals surface area contributed by atoms with E-state index in [2.05, 4.69) is 33.1 Å². The van der Waals surface area contributed by atoms with E-state index in [0.717, 1.165) is 36.2 Å². The van der Waals surface area contributed by atoms with Crippen molar-refractivity contribution in [2.75, 3.05) is 26.2 Å². The molecule has 0 spiro atoms. The van der Waals surface area contributed by atoms with Crippen molar-refractivity contribution >= 4 is 40.7 Å². The van der Waals surface area contributed by atoms with Crippen LogP contribution in [0.5, 0.6) is 0 Å². The Hall–Kier alpha value is 0.130. The quantitative estimate of drug-likeness (QED) is 0.870. The smallest absolute Gasteiger partial charge is 0.124 e. The molecule has 0 amide bonds. The van der Waals surface area contributed by atoms with Crippen molar-refractivity contribution in [2.45, 2.75) is 13.0 Å². The monoisotopic (exact) mass is 358 g/mol. The molecule has 0 bridgehead atoms. The number of hydrogen-bond donors (Lipinski definition) is 1. The predicted molar refractivity (Wildman–Crippen MR) is 81.5 cm³/mol. The maximum atomic E-state index is 13.3. The zero-order valence-corrected chi connectivity index (χ0v) is 13.4. The van der Waals surface area contributed by atoms with Crippen molar-refractivity contribution in [3.63, 3.8) is 0 Å². The van der Waals surface area contributed by atoms with Gasteiger partial charge in [-0.1, -0.05) is 15.9 Å². The third-order valence-corrected chi connectivity index (χ3v) is 3.52. The zero-order valence-electron chi connectivity index (χ0n) is 10.2. The molecule has 1 aromatic carbocycles. The van der Waals surface area contributed by atoms with Crippen LogP contribution in [0.2, 0.25) is 0 Å². The van der Waals surface area contributed by atoms with E-state index in [4.69, 9.17) is 0 Å². The van der Waals surface area contributed by atoms with Crippen molar-refractivity contribution in [3.8, 4) is 0 Å². The Labute approximate surface area is 128 Å². The second-order valence-electron chi connectivity index (χ2n) is 4.16. The molecule has 0 aliphatic carbocycles. The summed E-state index contributed by atoms with van der Waals surface area (Å²) in [7, 11) is 0. The van der Waals surface area contributed by atoms with Crippen LogP contribution in [0.3, 0.4) is 0 Å². The number of hydrogen-bond acceptors (Lipinski definition) is 2. The van der Waals surface area contributed by atoms with Crippen LogP contribution in [0.1, 0.15) is 18.5 Å². The molecule has 1 atom stereocenters. The number of piperazine rings is 1. The molecule has 104 valence electrons. The number of rotatable bonds is 2. The lowest BCUT2D eigenvalue weighted by atomic mass is 10.1. The van der Waals surface area contributed by atoms with Crippen LogP contribution < -0.4 is 5.32 Å². The number of nitrogens with one attached hydrogen (secondary N) is 1. The van der Waals surface area contributed by atoms with Gasteiger partial charge >= 0.3 is 0 Å². The third-order valence-electron chi connectivity index (χ3n) is 3.07. The summed E-state index contributed by atoms with van der Waals surface area (Å²) in [5.41, 5.74) is 1.04. The molecule has 1 aliphatic heterocycles. The van der Waals surface area contributed by atoms with E-state index in [9.17, 15) is 4.39 Å². The van der Waals surface area contributed by atoms with E-state index in [0.29, 0.717) is 0 Å². The molecule has 6 heteroatoms. The zero-order chi connectivity index (χ0) is 11.5. The van der Waals surface area contributed by atoms with Gasteiger partial charge in [-0.05, 0) is 30.7 Å². The Kier molecular flexibility index (Phi) is 8.39. The molecule has 2 rings (SSSR count). The Morgan fingerprint density at radius 3 is 2.39 bits per heavy atom. The summed E-state index contributed by atoms with van der Waals surface area (Å²) >= 11 is 3.33. The molecular weight excluding hydrogens is 342 g/mol. The van der Waals surface area contributed by atoms with Gasteiger partial charge in [0.05, 0.1) is 0 Å². The normalized spacial score (nSPS) is 17.5. The molecule has 1 aliphatic rings. The Morgan fingerprint density at radius 2 is 1.83 bits per heavy atom. The van der Waals surface area contributed by atoms with Gasteiger partial charge in [0.2, 0.25) is 0 Å². The summed E-state index contributed by atoms with van der Waals surface area (Å²) in [4.78, 5) is 2.37. The summed E-state index contributed by atoms with van der Waals surface area (Å²) in [6.07, 6.45) is 0. The molecule has 18 heavy (non-hydrogen) atoms. The van der Waals surface area contributed by atoms with Crippen LogP contribution in [-0.2, 0) is 0 Å². The van der Waals surface area contributed by atoms with Gasteiger partial charge in [-0.2, -0.15) is 0 Å². The highest BCUT2D eigenvalue weighted by atomic mass is 79.9. The van der Waals surface area contributed by atoms with Crippen molar-refractivity contribution in [1.82, 2.24) is 10.2 Å². The van der Waals surface area contributed by atoms with Crippen molar-refractivity contribution in [1.29, 1.82) is 0 Å². The molecule has 1 N–H and O–H groups in total. The minimum atomic E-state index is -0.175. The van der Waals surface area contributed by atoms with Gasteiger partial charge in [0.25, 0.3) is 0 Å². The minimum Gasteiger partial charge on any atom is -0.314 e. The van der Waals surface area contributed by atoms with Crippen LogP contribution in [0.15, 0.2) is 22.7 Å². The first-order chi connectivity index (χ1) is 7.66. The Balaban J connectivity index is 0.00000144. The average molecular weight is 360 g/mol. The molecule has 1 saturated heterocycles. The average Bonchev–Trinajstić information content (AvgIpc) is 2.28. The number of halogens is 4. The van der Waals surface area contributed by atoms with E-state index < -0.39 is 0 Å². The highest BCUT2D eigenvalue weighted by molar-refractivity contribution is 9.10. The number of nitrogens with zero attached hydrogens (tertiary/aromatic N) is 1. The van der Waals surface area contributed by atoms with Crippen LogP contribution in [-0.4, -0.2) is 31.1 Å². The van der Waals surface area contributed by atoms with Gasteiger partial charge < -0.3 is 5.32 Å². The van der Waals surface area contributed by atoms with Gasteiger partial charge in [-0.25, -0.2) is 4.39 Å². The second kappa shape index (κ2) is 8.33. The predicted octanol–water partition coefficient (Wildman–Crippen LogP) is 3.40. The van der Waals surface area contributed by atoms with Gasteiger partial charge in [0.1, 0.15) is 5.82 Å². The molecule has 2 nitrogen and oxygen atoms in total. The first kappa shape index (κ1) is 18.1. The van der Waals surface area contributed by atoms with Crippen LogP contribution in [0.25, 0.3) is 0 Å². The molecule has 0 radical (unpaired) electrons. The number of benzene rings is 1. The molecule has 0 aromatic heterocycles. The lowest BCUT2D eigenvalue weighted by Gasteiger charge is -2.33. The van der Waals surface area contributed by atoms with Gasteiger partial charge in [-0.3, -0.25) is 4.90 Å². The Bertz CT molecular complexity index is 353. The van der Waals surface area contributed by atoms with Crippen LogP contribution in [0, 0.1) is 5.82 Å². The minimum absolute atomic E-state index is 0. The largest absolute Gasteiger partial charge is 0.314 e. The van der Waals surface area contributed by atoms with Gasteiger partial charge in [0.15, 0.2) is 0 Å². The van der Waals surface area contributed by atoms with Crippen LogP contribution >= 0.6 is 40.7 Å². The van der Waals surface area contributed by atoms with E-state index >= 15 is 0 Å². The standard InChI is InChI=1S/C12H16BrFN2.2ClH/c1-9(16-4-2-15-3-5-16)10-6-11(13)8-12(14)7-10;;/h6-9,15H,2-5H2,1H3;2*1H/t9-;;/m1../s1. The highest BCUT2D eigenvalue weighted by Crippen LogP contribution is 2.24. The lowest BCUT2D eigenvalue weighted by molar-refractivity contribution is 0.185. The van der Waals surface area contributed by atoms with E-state index in [-0.39, 0.29) is 36.7 Å². The summed E-state index contributed by atoms with van der Waals surface area (Å²) < 4.78 is 14.1. The fraction of sp³-hybridized carbons (Fsp3) is 0.500. The first-order valence-electron chi connectivity index (χ1n) is 5.57. The molecule has 0 unspecified atom stereocenters. The maximum Gasteiger partial charge on any atom is 0.124 e. The topological polar surface area (TPSA) is 15.3 Å². The van der Waals surface area contributed by atoms with Crippen molar-refractivity contribution in [3.05, 3.63) is 34.1 Å². The van der Waals surface area contributed by atoms with Gasteiger partial charge in [-0.15, -0.1) is 24.8 Å². The SMILES string of the molecule is C[C@H](c1cc(F)cc(Br)c1)N1CCNCC1.Cl.Cl.